The standard InChI is InChI=1S/C23H28Cl2N4/c1-15(26-3)21-22(29-13-11-23(12-14-29)9-4-5-10-23)27-16(2)20(28-21)17-7-6-8-18(24)19(17)25/h6-8,26H,1,4-5,9-14H2,2-3H3. The van der Waals surface area contributed by atoms with Crippen LogP contribution >= 0.6 is 23.2 Å². The summed E-state index contributed by atoms with van der Waals surface area (Å²) in [6, 6.07) is 5.60. The minimum Gasteiger partial charge on any atom is -0.387 e. The van der Waals surface area contributed by atoms with Crippen molar-refractivity contribution in [3.05, 3.63) is 46.2 Å². The molecule has 29 heavy (non-hydrogen) atoms. The molecule has 154 valence electrons. The Morgan fingerprint density at radius 1 is 1.10 bits per heavy atom. The lowest BCUT2D eigenvalue weighted by Crippen LogP contribution is -2.40. The van der Waals surface area contributed by atoms with Crippen molar-refractivity contribution in [3.63, 3.8) is 0 Å². The lowest BCUT2D eigenvalue weighted by Gasteiger charge is -2.40. The fraction of sp³-hybridized carbons (Fsp3) is 0.478. The Hall–Kier alpha value is -1.78. The van der Waals surface area contributed by atoms with Gasteiger partial charge >= 0.3 is 0 Å². The fourth-order valence-corrected chi connectivity index (χ4v) is 5.20. The molecule has 1 saturated heterocycles. The number of hydrogen-bond acceptors (Lipinski definition) is 4. The van der Waals surface area contributed by atoms with Crippen molar-refractivity contribution in [2.45, 2.75) is 45.4 Å². The molecule has 6 heteroatoms. The van der Waals surface area contributed by atoms with Gasteiger partial charge in [0.25, 0.3) is 0 Å². The van der Waals surface area contributed by atoms with Crippen LogP contribution in [0, 0.1) is 12.3 Å². The highest BCUT2D eigenvalue weighted by atomic mass is 35.5. The van der Waals surface area contributed by atoms with Crippen LogP contribution in [0.25, 0.3) is 17.0 Å². The van der Waals surface area contributed by atoms with Crippen molar-refractivity contribution in [2.75, 3.05) is 25.0 Å². The summed E-state index contributed by atoms with van der Waals surface area (Å²) in [6.07, 6.45) is 8.01. The van der Waals surface area contributed by atoms with Crippen LogP contribution in [-0.2, 0) is 0 Å². The smallest absolute Gasteiger partial charge is 0.157 e. The average molecular weight is 431 g/mol. The molecule has 1 saturated carbocycles. The molecule has 4 nitrogen and oxygen atoms in total. The summed E-state index contributed by atoms with van der Waals surface area (Å²) in [6.45, 7) is 8.20. The van der Waals surface area contributed by atoms with Gasteiger partial charge in [0.1, 0.15) is 5.69 Å². The van der Waals surface area contributed by atoms with Gasteiger partial charge in [-0.2, -0.15) is 0 Å². The van der Waals surface area contributed by atoms with E-state index < -0.39 is 0 Å². The van der Waals surface area contributed by atoms with E-state index in [-0.39, 0.29) is 0 Å². The Morgan fingerprint density at radius 2 is 1.79 bits per heavy atom. The van der Waals surface area contributed by atoms with Crippen molar-refractivity contribution < 1.29 is 0 Å². The maximum atomic E-state index is 6.48. The number of halogens is 2. The van der Waals surface area contributed by atoms with Crippen LogP contribution < -0.4 is 10.2 Å². The Bertz CT molecular complexity index is 925. The van der Waals surface area contributed by atoms with E-state index in [2.05, 4.69) is 16.8 Å². The summed E-state index contributed by atoms with van der Waals surface area (Å²) in [5.41, 5.74) is 4.49. The van der Waals surface area contributed by atoms with Crippen molar-refractivity contribution in [1.29, 1.82) is 0 Å². The lowest BCUT2D eigenvalue weighted by molar-refractivity contribution is 0.226. The second-order valence-electron chi connectivity index (χ2n) is 8.35. The van der Waals surface area contributed by atoms with Gasteiger partial charge in [0.15, 0.2) is 5.82 Å². The SMILES string of the molecule is C=C(NC)c1nc(-c2cccc(Cl)c2Cl)c(C)nc1N1CCC2(CCCC2)CC1. The molecule has 1 spiro atoms. The predicted molar refractivity (Wildman–Crippen MR) is 123 cm³/mol. The number of rotatable bonds is 4. The van der Waals surface area contributed by atoms with Gasteiger partial charge in [0.05, 0.1) is 27.1 Å². The van der Waals surface area contributed by atoms with Gasteiger partial charge in [-0.3, -0.25) is 0 Å². The average Bonchev–Trinajstić information content (AvgIpc) is 3.18. The quantitative estimate of drug-likeness (QED) is 0.634. The van der Waals surface area contributed by atoms with E-state index in [1.54, 1.807) is 6.07 Å². The number of benzene rings is 1. The van der Waals surface area contributed by atoms with Gasteiger partial charge in [0, 0.05) is 25.7 Å². The number of piperidine rings is 1. The van der Waals surface area contributed by atoms with Gasteiger partial charge in [-0.05, 0) is 44.1 Å². The first-order valence-electron chi connectivity index (χ1n) is 10.4. The second kappa shape index (κ2) is 8.16. The van der Waals surface area contributed by atoms with E-state index in [1.165, 1.54) is 38.5 Å². The van der Waals surface area contributed by atoms with Crippen LogP contribution in [0.2, 0.25) is 10.0 Å². The van der Waals surface area contributed by atoms with E-state index in [4.69, 9.17) is 33.2 Å². The number of nitrogens with zero attached hydrogens (tertiary/aromatic N) is 3. The zero-order valence-electron chi connectivity index (χ0n) is 17.2. The summed E-state index contributed by atoms with van der Waals surface area (Å²) in [4.78, 5) is 12.3. The molecule has 0 bridgehead atoms. The van der Waals surface area contributed by atoms with Gasteiger partial charge in [-0.25, -0.2) is 9.97 Å². The number of aryl methyl sites for hydroxylation is 1. The molecule has 1 aromatic heterocycles. The molecule has 0 amide bonds. The number of hydrogen-bond donors (Lipinski definition) is 1. The summed E-state index contributed by atoms with van der Waals surface area (Å²) in [5, 5.41) is 4.17. The number of nitrogens with one attached hydrogen (secondary N) is 1. The third-order valence-electron chi connectivity index (χ3n) is 6.63. The van der Waals surface area contributed by atoms with Gasteiger partial charge in [-0.1, -0.05) is 54.8 Å². The molecule has 0 unspecified atom stereocenters. The predicted octanol–water partition coefficient (Wildman–Crippen LogP) is 6.11. The lowest BCUT2D eigenvalue weighted by atomic mass is 9.77. The third kappa shape index (κ3) is 3.85. The number of anilines is 1. The molecular weight excluding hydrogens is 403 g/mol. The van der Waals surface area contributed by atoms with Crippen LogP contribution in [0.3, 0.4) is 0 Å². The Balaban J connectivity index is 1.72. The van der Waals surface area contributed by atoms with Crippen molar-refractivity contribution in [2.24, 2.45) is 5.41 Å². The van der Waals surface area contributed by atoms with E-state index in [9.17, 15) is 0 Å². The van der Waals surface area contributed by atoms with Crippen LogP contribution in [0.4, 0.5) is 5.82 Å². The summed E-state index contributed by atoms with van der Waals surface area (Å²) in [7, 11) is 1.86. The molecule has 0 atom stereocenters. The van der Waals surface area contributed by atoms with E-state index in [1.807, 2.05) is 26.1 Å². The maximum Gasteiger partial charge on any atom is 0.157 e. The molecule has 1 aliphatic carbocycles. The summed E-state index contributed by atoms with van der Waals surface area (Å²) in [5.74, 6) is 0.914. The van der Waals surface area contributed by atoms with Gasteiger partial charge in [-0.15, -0.1) is 0 Å². The molecule has 1 N–H and O–H groups in total. The Kier molecular flexibility index (Phi) is 5.76. The van der Waals surface area contributed by atoms with E-state index in [0.717, 1.165) is 47.2 Å². The Labute approximate surface area is 183 Å². The third-order valence-corrected chi connectivity index (χ3v) is 7.45. The first kappa shape index (κ1) is 20.5. The van der Waals surface area contributed by atoms with Gasteiger partial charge in [0.2, 0.25) is 0 Å². The molecule has 1 aliphatic heterocycles. The molecular formula is C23H28Cl2N4. The molecule has 4 rings (SSSR count). The minimum absolute atomic E-state index is 0.501. The molecule has 2 fully saturated rings. The monoisotopic (exact) mass is 430 g/mol. The summed E-state index contributed by atoms with van der Waals surface area (Å²) < 4.78 is 0. The topological polar surface area (TPSA) is 41.1 Å². The van der Waals surface area contributed by atoms with E-state index in [0.29, 0.717) is 15.5 Å². The molecule has 2 heterocycles. The van der Waals surface area contributed by atoms with Crippen LogP contribution in [0.1, 0.15) is 49.9 Å². The highest BCUT2D eigenvalue weighted by molar-refractivity contribution is 6.43. The van der Waals surface area contributed by atoms with Crippen LogP contribution in [0.5, 0.6) is 0 Å². The largest absolute Gasteiger partial charge is 0.387 e. The molecule has 1 aromatic carbocycles. The second-order valence-corrected chi connectivity index (χ2v) is 9.14. The zero-order valence-corrected chi connectivity index (χ0v) is 18.7. The van der Waals surface area contributed by atoms with Crippen LogP contribution in [-0.4, -0.2) is 30.1 Å². The zero-order chi connectivity index (χ0) is 20.6. The first-order valence-corrected chi connectivity index (χ1v) is 11.1. The summed E-state index contributed by atoms with van der Waals surface area (Å²) >= 11 is 12.7. The van der Waals surface area contributed by atoms with Crippen LogP contribution in [0.15, 0.2) is 24.8 Å². The first-order chi connectivity index (χ1) is 13.9. The normalized spacial score (nSPS) is 18.3. The van der Waals surface area contributed by atoms with Gasteiger partial charge < -0.3 is 10.2 Å². The molecule has 2 aliphatic rings. The Morgan fingerprint density at radius 3 is 2.45 bits per heavy atom. The van der Waals surface area contributed by atoms with Crippen molar-refractivity contribution in [3.8, 4) is 11.3 Å². The van der Waals surface area contributed by atoms with Crippen molar-refractivity contribution >= 4 is 34.7 Å². The highest BCUT2D eigenvalue weighted by Crippen LogP contribution is 2.47. The minimum atomic E-state index is 0.501. The van der Waals surface area contributed by atoms with E-state index >= 15 is 0 Å². The highest BCUT2D eigenvalue weighted by Gasteiger charge is 2.38. The molecule has 0 radical (unpaired) electrons. The number of aromatic nitrogens is 2. The van der Waals surface area contributed by atoms with Crippen molar-refractivity contribution in [1.82, 2.24) is 15.3 Å². The maximum absolute atomic E-state index is 6.48. The molecule has 2 aromatic rings. The fourth-order valence-electron chi connectivity index (χ4n) is 4.81.